The average Bonchev–Trinajstić information content (AvgIpc) is 2.45. The summed E-state index contributed by atoms with van der Waals surface area (Å²) in [5.74, 6) is 4.27. The molecule has 2 aromatic carbocycles. The predicted octanol–water partition coefficient (Wildman–Crippen LogP) is 3.91. The summed E-state index contributed by atoms with van der Waals surface area (Å²) in [6.07, 6.45) is 0. The van der Waals surface area contributed by atoms with Crippen molar-refractivity contribution in [3.63, 3.8) is 0 Å². The molecule has 106 valence electrons. The van der Waals surface area contributed by atoms with Gasteiger partial charge in [-0.25, -0.2) is 8.78 Å². The molecule has 1 unspecified atom stereocenters. The van der Waals surface area contributed by atoms with Crippen molar-refractivity contribution in [2.45, 2.75) is 10.9 Å². The second-order valence-electron chi connectivity index (χ2n) is 4.13. The quantitative estimate of drug-likeness (QED) is 0.499. The number of nitrogens with one attached hydrogen (secondary N) is 1. The Bertz CT molecular complexity index is 595. The van der Waals surface area contributed by atoms with Crippen LogP contribution in [-0.4, -0.2) is 5.75 Å². The average molecular weight is 315 g/mol. The first kappa shape index (κ1) is 15.3. The van der Waals surface area contributed by atoms with Crippen LogP contribution in [0.5, 0.6) is 0 Å². The van der Waals surface area contributed by atoms with Crippen LogP contribution in [0.4, 0.5) is 8.78 Å². The lowest BCUT2D eigenvalue weighted by Gasteiger charge is -2.16. The molecule has 0 saturated carbocycles. The third-order valence-corrected chi connectivity index (χ3v) is 4.40. The molecule has 0 aromatic heterocycles. The van der Waals surface area contributed by atoms with Gasteiger partial charge in [-0.15, -0.1) is 11.8 Å². The van der Waals surface area contributed by atoms with E-state index in [9.17, 15) is 8.78 Å². The third-order valence-electron chi connectivity index (χ3n) is 2.79. The Labute approximate surface area is 125 Å². The topological polar surface area (TPSA) is 38.0 Å². The lowest BCUT2D eigenvalue weighted by atomic mass is 10.1. The molecule has 1 atom stereocenters. The van der Waals surface area contributed by atoms with Crippen LogP contribution in [0.3, 0.4) is 0 Å². The summed E-state index contributed by atoms with van der Waals surface area (Å²) in [6, 6.07) is 10.9. The molecule has 0 saturated heterocycles. The Morgan fingerprint density at radius 1 is 1.15 bits per heavy atom. The minimum atomic E-state index is -0.884. The molecule has 0 radical (unpaired) electrons. The van der Waals surface area contributed by atoms with E-state index >= 15 is 0 Å². The fourth-order valence-corrected chi connectivity index (χ4v) is 3.02. The Morgan fingerprint density at radius 2 is 1.90 bits per heavy atom. The highest BCUT2D eigenvalue weighted by Gasteiger charge is 2.13. The van der Waals surface area contributed by atoms with Gasteiger partial charge in [0, 0.05) is 10.6 Å². The van der Waals surface area contributed by atoms with Crippen LogP contribution in [0.15, 0.2) is 47.4 Å². The number of rotatable bonds is 5. The molecular formula is C14H13ClF2N2S. The molecule has 2 aromatic rings. The van der Waals surface area contributed by atoms with Crippen LogP contribution < -0.4 is 11.3 Å². The van der Waals surface area contributed by atoms with E-state index in [1.807, 2.05) is 18.2 Å². The van der Waals surface area contributed by atoms with E-state index in [1.54, 1.807) is 6.07 Å². The number of hydrogen-bond acceptors (Lipinski definition) is 3. The first-order valence-electron chi connectivity index (χ1n) is 5.90. The van der Waals surface area contributed by atoms with E-state index in [2.05, 4.69) is 5.43 Å². The summed E-state index contributed by atoms with van der Waals surface area (Å²) in [6.45, 7) is 0. The van der Waals surface area contributed by atoms with Gasteiger partial charge in [-0.2, -0.15) is 0 Å². The fraction of sp³-hybridized carbons (Fsp3) is 0.143. The summed E-state index contributed by atoms with van der Waals surface area (Å²) in [5, 5.41) is 0.651. The monoisotopic (exact) mass is 314 g/mol. The standard InChI is InChI=1S/C14H13ClF2N2S/c15-10-3-1-2-4-14(10)20-8-13(19-18)9-5-6-11(16)12(17)7-9/h1-7,13,19H,8,18H2. The van der Waals surface area contributed by atoms with Gasteiger partial charge in [0.15, 0.2) is 11.6 Å². The third kappa shape index (κ3) is 3.70. The van der Waals surface area contributed by atoms with Gasteiger partial charge in [-0.05, 0) is 29.8 Å². The van der Waals surface area contributed by atoms with Crippen LogP contribution in [0.1, 0.15) is 11.6 Å². The SMILES string of the molecule is NNC(CSc1ccccc1Cl)c1ccc(F)c(F)c1. The lowest BCUT2D eigenvalue weighted by molar-refractivity contribution is 0.502. The molecule has 2 rings (SSSR count). The summed E-state index contributed by atoms with van der Waals surface area (Å²) in [4.78, 5) is 0.914. The maximum absolute atomic E-state index is 13.2. The lowest BCUT2D eigenvalue weighted by Crippen LogP contribution is -2.29. The van der Waals surface area contributed by atoms with Crippen LogP contribution in [0.2, 0.25) is 5.02 Å². The van der Waals surface area contributed by atoms with E-state index in [0.717, 1.165) is 17.0 Å². The van der Waals surface area contributed by atoms with E-state index < -0.39 is 11.6 Å². The van der Waals surface area contributed by atoms with Gasteiger partial charge in [0.05, 0.1) is 11.1 Å². The van der Waals surface area contributed by atoms with Crippen molar-refractivity contribution in [1.82, 2.24) is 5.43 Å². The van der Waals surface area contributed by atoms with Gasteiger partial charge in [-0.1, -0.05) is 29.8 Å². The first-order chi connectivity index (χ1) is 9.61. The number of hydrogen-bond donors (Lipinski definition) is 2. The van der Waals surface area contributed by atoms with Gasteiger partial charge < -0.3 is 0 Å². The van der Waals surface area contributed by atoms with Crippen LogP contribution >= 0.6 is 23.4 Å². The molecule has 0 aliphatic rings. The molecule has 0 amide bonds. The highest BCUT2D eigenvalue weighted by Crippen LogP contribution is 2.30. The summed E-state index contributed by atoms with van der Waals surface area (Å²) in [7, 11) is 0. The highest BCUT2D eigenvalue weighted by molar-refractivity contribution is 7.99. The van der Waals surface area contributed by atoms with Crippen molar-refractivity contribution < 1.29 is 8.78 Å². The fourth-order valence-electron chi connectivity index (χ4n) is 1.70. The summed E-state index contributed by atoms with van der Waals surface area (Å²) < 4.78 is 26.2. The van der Waals surface area contributed by atoms with E-state index in [0.29, 0.717) is 16.3 Å². The largest absolute Gasteiger partial charge is 0.271 e. The molecule has 0 spiro atoms. The normalized spacial score (nSPS) is 12.4. The zero-order chi connectivity index (χ0) is 14.5. The Morgan fingerprint density at radius 3 is 2.55 bits per heavy atom. The zero-order valence-electron chi connectivity index (χ0n) is 10.4. The van der Waals surface area contributed by atoms with Gasteiger partial charge in [-0.3, -0.25) is 11.3 Å². The highest BCUT2D eigenvalue weighted by atomic mass is 35.5. The van der Waals surface area contributed by atoms with Gasteiger partial charge in [0.25, 0.3) is 0 Å². The molecule has 6 heteroatoms. The Balaban J connectivity index is 2.09. The van der Waals surface area contributed by atoms with E-state index in [-0.39, 0.29) is 6.04 Å². The zero-order valence-corrected chi connectivity index (χ0v) is 12.0. The van der Waals surface area contributed by atoms with Crippen molar-refractivity contribution in [3.05, 3.63) is 64.7 Å². The minimum absolute atomic E-state index is 0.300. The molecule has 0 aliphatic heterocycles. The van der Waals surface area contributed by atoms with Gasteiger partial charge in [0.2, 0.25) is 0 Å². The van der Waals surface area contributed by atoms with Gasteiger partial charge >= 0.3 is 0 Å². The molecule has 0 aliphatic carbocycles. The maximum atomic E-state index is 13.2. The van der Waals surface area contributed by atoms with Crippen LogP contribution in [0.25, 0.3) is 0 Å². The second kappa shape index (κ2) is 7.04. The summed E-state index contributed by atoms with van der Waals surface area (Å²) in [5.41, 5.74) is 3.19. The molecule has 0 bridgehead atoms. The molecule has 0 fully saturated rings. The Kier molecular flexibility index (Phi) is 5.37. The number of thioether (sulfide) groups is 1. The number of benzene rings is 2. The van der Waals surface area contributed by atoms with Crippen molar-refractivity contribution in [1.29, 1.82) is 0 Å². The molecule has 3 N–H and O–H groups in total. The molecule has 2 nitrogen and oxygen atoms in total. The van der Waals surface area contributed by atoms with Crippen LogP contribution in [-0.2, 0) is 0 Å². The molecule has 0 heterocycles. The maximum Gasteiger partial charge on any atom is 0.159 e. The van der Waals surface area contributed by atoms with Crippen LogP contribution in [0, 0.1) is 11.6 Å². The number of nitrogens with two attached hydrogens (primary N) is 1. The predicted molar refractivity (Wildman–Crippen MR) is 78.6 cm³/mol. The number of halogens is 3. The van der Waals surface area contributed by atoms with E-state index in [1.165, 1.54) is 17.8 Å². The van der Waals surface area contributed by atoms with Crippen molar-refractivity contribution in [2.24, 2.45) is 5.84 Å². The molecular weight excluding hydrogens is 302 g/mol. The summed E-state index contributed by atoms with van der Waals surface area (Å²) >= 11 is 7.55. The van der Waals surface area contributed by atoms with E-state index in [4.69, 9.17) is 17.4 Å². The first-order valence-corrected chi connectivity index (χ1v) is 7.26. The van der Waals surface area contributed by atoms with Crippen molar-refractivity contribution in [2.75, 3.05) is 5.75 Å². The molecule has 20 heavy (non-hydrogen) atoms. The van der Waals surface area contributed by atoms with Crippen molar-refractivity contribution in [3.8, 4) is 0 Å². The van der Waals surface area contributed by atoms with Gasteiger partial charge in [0.1, 0.15) is 0 Å². The number of hydrazine groups is 1. The minimum Gasteiger partial charge on any atom is -0.271 e. The Hall–Kier alpha value is -1.14. The second-order valence-corrected chi connectivity index (χ2v) is 5.60. The smallest absolute Gasteiger partial charge is 0.159 e. The van der Waals surface area contributed by atoms with Crippen molar-refractivity contribution >= 4 is 23.4 Å².